The Hall–Kier alpha value is -2.34. The molecule has 1 N–H and O–H groups in total. The SMILES string of the molecule is Cc1cccc(NS(=O)(=O)c2cccc(C(=O)N(C)C)c2)c1C. The van der Waals surface area contributed by atoms with Crippen molar-refractivity contribution in [2.75, 3.05) is 18.8 Å². The second-order valence-corrected chi connectivity index (χ2v) is 7.26. The molecule has 122 valence electrons. The summed E-state index contributed by atoms with van der Waals surface area (Å²) in [6.45, 7) is 3.78. The van der Waals surface area contributed by atoms with Gasteiger partial charge in [0.2, 0.25) is 0 Å². The predicted octanol–water partition coefficient (Wildman–Crippen LogP) is 2.81. The van der Waals surface area contributed by atoms with Crippen molar-refractivity contribution in [3.63, 3.8) is 0 Å². The molecule has 0 aliphatic rings. The van der Waals surface area contributed by atoms with Gasteiger partial charge in [-0.1, -0.05) is 18.2 Å². The van der Waals surface area contributed by atoms with E-state index >= 15 is 0 Å². The molecule has 0 bridgehead atoms. The molecule has 0 unspecified atom stereocenters. The molecule has 0 fully saturated rings. The highest BCUT2D eigenvalue weighted by Crippen LogP contribution is 2.22. The minimum absolute atomic E-state index is 0.0612. The average molecular weight is 332 g/mol. The summed E-state index contributed by atoms with van der Waals surface area (Å²) in [5, 5.41) is 0. The molecule has 0 saturated carbocycles. The van der Waals surface area contributed by atoms with E-state index in [9.17, 15) is 13.2 Å². The number of anilines is 1. The van der Waals surface area contributed by atoms with Crippen LogP contribution in [0.25, 0.3) is 0 Å². The van der Waals surface area contributed by atoms with Crippen LogP contribution >= 0.6 is 0 Å². The number of hydrogen-bond acceptors (Lipinski definition) is 3. The molecule has 6 heteroatoms. The van der Waals surface area contributed by atoms with Gasteiger partial charge in [0.1, 0.15) is 0 Å². The molecular weight excluding hydrogens is 312 g/mol. The van der Waals surface area contributed by atoms with Crippen molar-refractivity contribution < 1.29 is 13.2 Å². The van der Waals surface area contributed by atoms with Gasteiger partial charge in [0, 0.05) is 19.7 Å². The van der Waals surface area contributed by atoms with Crippen LogP contribution in [0.5, 0.6) is 0 Å². The standard InChI is InChI=1S/C17H20N2O3S/c1-12-7-5-10-16(13(12)2)18-23(21,22)15-9-6-8-14(11-15)17(20)19(3)4/h5-11,18H,1-4H3. The van der Waals surface area contributed by atoms with Crippen LogP contribution in [-0.2, 0) is 10.0 Å². The lowest BCUT2D eigenvalue weighted by Crippen LogP contribution is -2.22. The summed E-state index contributed by atoms with van der Waals surface area (Å²) >= 11 is 0. The molecule has 0 aliphatic carbocycles. The van der Waals surface area contributed by atoms with E-state index in [2.05, 4.69) is 4.72 Å². The Kier molecular flexibility index (Phi) is 4.75. The van der Waals surface area contributed by atoms with Crippen molar-refractivity contribution in [3.05, 3.63) is 59.2 Å². The van der Waals surface area contributed by atoms with Crippen LogP contribution in [0.1, 0.15) is 21.5 Å². The zero-order valence-electron chi connectivity index (χ0n) is 13.6. The molecule has 23 heavy (non-hydrogen) atoms. The molecular formula is C17H20N2O3S. The highest BCUT2D eigenvalue weighted by molar-refractivity contribution is 7.92. The minimum Gasteiger partial charge on any atom is -0.345 e. The van der Waals surface area contributed by atoms with E-state index < -0.39 is 10.0 Å². The molecule has 0 spiro atoms. The van der Waals surface area contributed by atoms with Crippen LogP contribution in [0.2, 0.25) is 0 Å². The third-order valence-corrected chi connectivity index (χ3v) is 5.01. The van der Waals surface area contributed by atoms with E-state index in [0.717, 1.165) is 11.1 Å². The van der Waals surface area contributed by atoms with Crippen LogP contribution in [-0.4, -0.2) is 33.3 Å². The monoisotopic (exact) mass is 332 g/mol. The highest BCUT2D eigenvalue weighted by atomic mass is 32.2. The van der Waals surface area contributed by atoms with E-state index in [4.69, 9.17) is 0 Å². The maximum atomic E-state index is 12.6. The van der Waals surface area contributed by atoms with Crippen LogP contribution in [0.4, 0.5) is 5.69 Å². The first-order valence-corrected chi connectivity index (χ1v) is 8.61. The molecule has 2 rings (SSSR count). The quantitative estimate of drug-likeness (QED) is 0.936. The Balaban J connectivity index is 2.39. The molecule has 2 aromatic carbocycles. The number of benzene rings is 2. The summed E-state index contributed by atoms with van der Waals surface area (Å²) in [6.07, 6.45) is 0. The Labute approximate surface area is 137 Å². The van der Waals surface area contributed by atoms with Gasteiger partial charge in [-0.15, -0.1) is 0 Å². The van der Waals surface area contributed by atoms with E-state index in [1.165, 1.54) is 17.0 Å². The van der Waals surface area contributed by atoms with Crippen molar-refractivity contribution in [3.8, 4) is 0 Å². The predicted molar refractivity (Wildman–Crippen MR) is 91.2 cm³/mol. The number of carbonyl (C=O) groups excluding carboxylic acids is 1. The van der Waals surface area contributed by atoms with E-state index in [1.54, 1.807) is 38.4 Å². The summed E-state index contributed by atoms with van der Waals surface area (Å²) in [5.74, 6) is -0.242. The molecule has 0 aromatic heterocycles. The molecule has 0 atom stereocenters. The van der Waals surface area contributed by atoms with Gasteiger partial charge in [-0.2, -0.15) is 0 Å². The number of sulfonamides is 1. The van der Waals surface area contributed by atoms with Gasteiger partial charge in [0.25, 0.3) is 15.9 Å². The Morgan fingerprint density at radius 2 is 1.70 bits per heavy atom. The third-order valence-electron chi connectivity index (χ3n) is 3.65. The fraction of sp³-hybridized carbons (Fsp3) is 0.235. The van der Waals surface area contributed by atoms with E-state index in [-0.39, 0.29) is 10.8 Å². The van der Waals surface area contributed by atoms with E-state index in [1.807, 2.05) is 19.9 Å². The Morgan fingerprint density at radius 1 is 1.04 bits per heavy atom. The number of nitrogens with one attached hydrogen (secondary N) is 1. The average Bonchev–Trinajstić information content (AvgIpc) is 2.51. The fourth-order valence-corrected chi connectivity index (χ4v) is 3.29. The van der Waals surface area contributed by atoms with Crippen LogP contribution in [0.15, 0.2) is 47.4 Å². The van der Waals surface area contributed by atoms with Crippen molar-refractivity contribution in [2.24, 2.45) is 0 Å². The summed E-state index contributed by atoms with van der Waals surface area (Å²) < 4.78 is 27.7. The Morgan fingerprint density at radius 3 is 2.35 bits per heavy atom. The molecule has 5 nitrogen and oxygen atoms in total. The van der Waals surface area contributed by atoms with Gasteiger partial charge in [-0.05, 0) is 49.2 Å². The van der Waals surface area contributed by atoms with Gasteiger partial charge in [-0.3, -0.25) is 9.52 Å². The van der Waals surface area contributed by atoms with Gasteiger partial charge >= 0.3 is 0 Å². The van der Waals surface area contributed by atoms with Crippen molar-refractivity contribution in [1.82, 2.24) is 4.90 Å². The van der Waals surface area contributed by atoms with E-state index in [0.29, 0.717) is 11.3 Å². The molecule has 1 amide bonds. The number of nitrogens with zero attached hydrogens (tertiary/aromatic N) is 1. The maximum absolute atomic E-state index is 12.6. The number of hydrogen-bond donors (Lipinski definition) is 1. The summed E-state index contributed by atoms with van der Waals surface area (Å²) in [4.78, 5) is 13.5. The summed E-state index contributed by atoms with van der Waals surface area (Å²) in [5.41, 5.74) is 2.74. The van der Waals surface area contributed by atoms with Gasteiger partial charge in [0.15, 0.2) is 0 Å². The minimum atomic E-state index is -3.76. The number of carbonyl (C=O) groups is 1. The first-order valence-electron chi connectivity index (χ1n) is 7.13. The maximum Gasteiger partial charge on any atom is 0.261 e. The first kappa shape index (κ1) is 17.0. The van der Waals surface area contributed by atoms with Gasteiger partial charge < -0.3 is 4.90 Å². The van der Waals surface area contributed by atoms with Crippen LogP contribution in [0, 0.1) is 13.8 Å². The summed E-state index contributed by atoms with van der Waals surface area (Å²) in [6, 6.07) is 11.5. The van der Waals surface area contributed by atoms with Crippen LogP contribution < -0.4 is 4.72 Å². The number of aryl methyl sites for hydroxylation is 1. The highest BCUT2D eigenvalue weighted by Gasteiger charge is 2.18. The second-order valence-electron chi connectivity index (χ2n) is 5.58. The number of rotatable bonds is 4. The second kappa shape index (κ2) is 6.42. The van der Waals surface area contributed by atoms with Gasteiger partial charge in [0.05, 0.1) is 10.6 Å². The lowest BCUT2D eigenvalue weighted by atomic mass is 10.1. The Bertz CT molecular complexity index is 843. The molecule has 0 radical (unpaired) electrons. The summed E-state index contributed by atoms with van der Waals surface area (Å²) in [7, 11) is -0.509. The zero-order chi connectivity index (χ0) is 17.2. The molecule has 2 aromatic rings. The normalized spacial score (nSPS) is 11.1. The number of amides is 1. The van der Waals surface area contributed by atoms with Gasteiger partial charge in [-0.25, -0.2) is 8.42 Å². The lowest BCUT2D eigenvalue weighted by molar-refractivity contribution is 0.0827. The third kappa shape index (κ3) is 3.71. The lowest BCUT2D eigenvalue weighted by Gasteiger charge is -2.14. The molecule has 0 saturated heterocycles. The topological polar surface area (TPSA) is 66.5 Å². The molecule has 0 heterocycles. The largest absolute Gasteiger partial charge is 0.345 e. The molecule has 0 aliphatic heterocycles. The zero-order valence-corrected chi connectivity index (χ0v) is 14.4. The fourth-order valence-electron chi connectivity index (χ4n) is 2.12. The first-order chi connectivity index (χ1) is 10.7. The van der Waals surface area contributed by atoms with Crippen molar-refractivity contribution in [1.29, 1.82) is 0 Å². The van der Waals surface area contributed by atoms with Crippen LogP contribution in [0.3, 0.4) is 0 Å². The van der Waals surface area contributed by atoms with Crippen molar-refractivity contribution >= 4 is 21.6 Å². The van der Waals surface area contributed by atoms with Crippen molar-refractivity contribution in [2.45, 2.75) is 18.7 Å². The smallest absolute Gasteiger partial charge is 0.261 e.